The molecule has 0 atom stereocenters. The van der Waals surface area contributed by atoms with Crippen molar-refractivity contribution in [2.24, 2.45) is 10.7 Å². The Bertz CT molecular complexity index is 1130. The Hall–Kier alpha value is -3.31. The van der Waals surface area contributed by atoms with Gasteiger partial charge in [-0.2, -0.15) is 0 Å². The van der Waals surface area contributed by atoms with Crippen molar-refractivity contribution in [2.75, 3.05) is 57.6 Å². The third-order valence-corrected chi connectivity index (χ3v) is 6.68. The Balaban J connectivity index is 1.49. The number of thiophene rings is 1. The van der Waals surface area contributed by atoms with Crippen LogP contribution in [0, 0.1) is 0 Å². The molecule has 0 unspecified atom stereocenters. The van der Waals surface area contributed by atoms with Crippen molar-refractivity contribution in [2.45, 2.75) is 19.4 Å². The Morgan fingerprint density at radius 2 is 1.95 bits per heavy atom. The summed E-state index contributed by atoms with van der Waals surface area (Å²) in [6, 6.07) is 9.32. The molecule has 4 N–H and O–H groups in total. The summed E-state index contributed by atoms with van der Waals surface area (Å²) >= 11 is 1.46. The van der Waals surface area contributed by atoms with Crippen LogP contribution < -0.4 is 16.4 Å². The fourth-order valence-corrected chi connectivity index (χ4v) is 4.68. The van der Waals surface area contributed by atoms with Crippen LogP contribution in [0.25, 0.3) is 6.08 Å². The average Bonchev–Trinajstić information content (AvgIpc) is 3.30. The molecule has 0 aliphatic carbocycles. The van der Waals surface area contributed by atoms with Crippen LogP contribution in [0.3, 0.4) is 0 Å². The summed E-state index contributed by atoms with van der Waals surface area (Å²) in [6.45, 7) is 7.39. The lowest BCUT2D eigenvalue weighted by Gasteiger charge is -2.26. The minimum Gasteiger partial charge on any atom is -0.378 e. The number of amides is 2. The first-order chi connectivity index (χ1) is 17.9. The lowest BCUT2D eigenvalue weighted by Crippen LogP contribution is -2.40. The zero-order valence-corrected chi connectivity index (χ0v) is 22.4. The van der Waals surface area contributed by atoms with E-state index in [-0.39, 0.29) is 11.8 Å². The molecule has 3 rings (SSSR count). The third kappa shape index (κ3) is 9.25. The molecule has 10 heteroatoms. The minimum atomic E-state index is -0.0319. The number of hydrogen-bond donors (Lipinski definition) is 3. The Morgan fingerprint density at radius 3 is 2.65 bits per heavy atom. The lowest BCUT2D eigenvalue weighted by molar-refractivity contribution is -0.116. The molecule has 1 saturated heterocycles. The van der Waals surface area contributed by atoms with Crippen LogP contribution >= 0.6 is 11.3 Å². The summed E-state index contributed by atoms with van der Waals surface area (Å²) in [6.07, 6.45) is 6.74. The van der Waals surface area contributed by atoms with Crippen molar-refractivity contribution in [3.05, 3.63) is 64.1 Å². The highest BCUT2D eigenvalue weighted by atomic mass is 32.1. The number of carbonyl (C=O) groups excluding carboxylic acids is 2. The number of rotatable bonds is 12. The summed E-state index contributed by atoms with van der Waals surface area (Å²) in [5.41, 5.74) is 8.36. The van der Waals surface area contributed by atoms with Gasteiger partial charge in [0.05, 0.1) is 18.1 Å². The molecule has 37 heavy (non-hydrogen) atoms. The number of aliphatic imine (C=N–C) groups is 1. The van der Waals surface area contributed by atoms with E-state index >= 15 is 0 Å². The van der Waals surface area contributed by atoms with Crippen LogP contribution in [-0.2, 0) is 16.1 Å². The molecule has 1 fully saturated rings. The predicted molar refractivity (Wildman–Crippen MR) is 152 cm³/mol. The van der Waals surface area contributed by atoms with Crippen LogP contribution in [0.15, 0.2) is 53.8 Å². The van der Waals surface area contributed by atoms with Crippen LogP contribution in [0.2, 0.25) is 0 Å². The van der Waals surface area contributed by atoms with Crippen LogP contribution in [0.4, 0.5) is 11.4 Å². The van der Waals surface area contributed by atoms with E-state index in [1.807, 2.05) is 66.4 Å². The van der Waals surface area contributed by atoms with Gasteiger partial charge in [-0.3, -0.25) is 9.59 Å². The van der Waals surface area contributed by atoms with Crippen molar-refractivity contribution in [3.8, 4) is 0 Å². The van der Waals surface area contributed by atoms with Crippen molar-refractivity contribution < 1.29 is 14.3 Å². The second-order valence-corrected chi connectivity index (χ2v) is 9.90. The van der Waals surface area contributed by atoms with Gasteiger partial charge in [-0.25, -0.2) is 4.99 Å². The molecule has 1 aliphatic rings. The fourth-order valence-electron chi connectivity index (χ4n) is 3.59. The Kier molecular flexibility index (Phi) is 11.0. The average molecular weight is 525 g/mol. The van der Waals surface area contributed by atoms with Crippen LogP contribution in [0.5, 0.6) is 0 Å². The van der Waals surface area contributed by atoms with Crippen molar-refractivity contribution in [3.63, 3.8) is 0 Å². The third-order valence-electron chi connectivity index (χ3n) is 5.55. The van der Waals surface area contributed by atoms with Crippen LogP contribution in [0.1, 0.15) is 33.0 Å². The number of anilines is 2. The van der Waals surface area contributed by atoms with Crippen LogP contribution in [-0.4, -0.2) is 74.8 Å². The van der Waals surface area contributed by atoms with E-state index in [9.17, 15) is 9.59 Å². The molecule has 1 aliphatic heterocycles. The van der Waals surface area contributed by atoms with E-state index in [0.29, 0.717) is 68.6 Å². The number of hydrogen-bond acceptors (Lipinski definition) is 8. The van der Waals surface area contributed by atoms with Gasteiger partial charge in [0.2, 0.25) is 5.91 Å². The highest BCUT2D eigenvalue weighted by Crippen LogP contribution is 2.25. The van der Waals surface area contributed by atoms with Gasteiger partial charge < -0.3 is 30.9 Å². The number of nitrogens with one attached hydrogen (secondary N) is 2. The number of allylic oxidation sites excluding steroid dienone is 1. The molecule has 0 radical (unpaired) electrons. The summed E-state index contributed by atoms with van der Waals surface area (Å²) in [5.74, 6) is 0.487. The topological polar surface area (TPSA) is 112 Å². The minimum absolute atomic E-state index is 0.0313. The molecular formula is C27H36N6O3S. The molecule has 1 aromatic heterocycles. The van der Waals surface area contributed by atoms with Crippen molar-refractivity contribution >= 4 is 46.8 Å². The van der Waals surface area contributed by atoms with Crippen molar-refractivity contribution in [1.82, 2.24) is 9.80 Å². The Labute approximate surface area is 222 Å². The van der Waals surface area contributed by atoms with Gasteiger partial charge in [0.15, 0.2) is 0 Å². The molecule has 2 heterocycles. The SMILES string of the molecule is C=C(/N=C\C/C=C\c1sc(C(=O)N2CCOCC2)cc1CN)Nc1cccc(NC(=O)CCN(C)C)c1. The molecule has 2 amide bonds. The maximum Gasteiger partial charge on any atom is 0.264 e. The van der Waals surface area contributed by atoms with Gasteiger partial charge >= 0.3 is 0 Å². The first kappa shape index (κ1) is 28.3. The number of carbonyl (C=O) groups is 2. The number of nitrogens with zero attached hydrogens (tertiary/aromatic N) is 3. The maximum atomic E-state index is 12.8. The molecule has 198 valence electrons. The van der Waals surface area contributed by atoms with E-state index in [0.717, 1.165) is 16.1 Å². The fraction of sp³-hybridized carbons (Fsp3) is 0.370. The van der Waals surface area contributed by atoms with E-state index in [2.05, 4.69) is 22.2 Å². The molecule has 2 aromatic rings. The molecular weight excluding hydrogens is 488 g/mol. The standard InChI is InChI=1S/C27H36N6O3S/c1-20(30-22-7-6-8-23(18-22)31-26(34)10-12-32(2)3)29-11-5-4-9-24-21(19-28)17-25(37-24)27(35)33-13-15-36-16-14-33/h4,6-9,11,17-18,30H,1,5,10,12-16,19,28H2,2-3H3,(H,31,34)/b9-4-,29-11-. The highest BCUT2D eigenvalue weighted by Gasteiger charge is 2.21. The molecule has 9 nitrogen and oxygen atoms in total. The summed E-state index contributed by atoms with van der Waals surface area (Å²) < 4.78 is 5.33. The number of benzene rings is 1. The first-order valence-corrected chi connectivity index (χ1v) is 13.1. The van der Waals surface area contributed by atoms with Gasteiger partial charge in [0.25, 0.3) is 5.91 Å². The van der Waals surface area contributed by atoms with Gasteiger partial charge in [-0.15, -0.1) is 11.3 Å². The summed E-state index contributed by atoms with van der Waals surface area (Å²) in [7, 11) is 3.87. The molecule has 0 spiro atoms. The highest BCUT2D eigenvalue weighted by molar-refractivity contribution is 7.15. The van der Waals surface area contributed by atoms with Gasteiger partial charge in [0.1, 0.15) is 5.82 Å². The van der Waals surface area contributed by atoms with Gasteiger partial charge in [0, 0.05) is 61.5 Å². The molecule has 0 saturated carbocycles. The molecule has 0 bridgehead atoms. The zero-order valence-electron chi connectivity index (χ0n) is 21.5. The number of morpholine rings is 1. The van der Waals surface area contributed by atoms with Crippen molar-refractivity contribution in [1.29, 1.82) is 0 Å². The first-order valence-electron chi connectivity index (χ1n) is 12.2. The summed E-state index contributed by atoms with van der Waals surface area (Å²) in [5, 5.41) is 6.04. The zero-order chi connectivity index (χ0) is 26.6. The largest absolute Gasteiger partial charge is 0.378 e. The second kappa shape index (κ2) is 14.4. The van der Waals surface area contributed by atoms with Gasteiger partial charge in [-0.05, 0) is 50.0 Å². The van der Waals surface area contributed by atoms with Gasteiger partial charge in [-0.1, -0.05) is 18.7 Å². The monoisotopic (exact) mass is 524 g/mol. The maximum absolute atomic E-state index is 12.8. The van der Waals surface area contributed by atoms with E-state index < -0.39 is 0 Å². The van der Waals surface area contributed by atoms with E-state index in [4.69, 9.17) is 10.5 Å². The predicted octanol–water partition coefficient (Wildman–Crippen LogP) is 3.63. The molecule has 1 aromatic carbocycles. The summed E-state index contributed by atoms with van der Waals surface area (Å²) in [4.78, 5) is 34.7. The number of nitrogens with two attached hydrogens (primary N) is 1. The second-order valence-electron chi connectivity index (χ2n) is 8.81. The number of ether oxygens (including phenoxy) is 1. The van der Waals surface area contributed by atoms with E-state index in [1.54, 1.807) is 6.21 Å². The smallest absolute Gasteiger partial charge is 0.264 e. The normalized spacial score (nSPS) is 14.0. The lowest BCUT2D eigenvalue weighted by atomic mass is 10.2. The Morgan fingerprint density at radius 1 is 1.22 bits per heavy atom. The van der Waals surface area contributed by atoms with E-state index in [1.165, 1.54) is 11.3 Å². The quantitative estimate of drug-likeness (QED) is 0.366.